The second-order valence-electron chi connectivity index (χ2n) is 6.18. The molecule has 0 aromatic heterocycles. The molecule has 3 aromatic rings. The molecule has 29 heavy (non-hydrogen) atoms. The van der Waals surface area contributed by atoms with Crippen LogP contribution in [0, 0.1) is 5.82 Å². The van der Waals surface area contributed by atoms with Crippen molar-refractivity contribution in [2.24, 2.45) is 0 Å². The van der Waals surface area contributed by atoms with Crippen LogP contribution in [0.5, 0.6) is 11.5 Å². The summed E-state index contributed by atoms with van der Waals surface area (Å²) in [5.74, 6) is 0.816. The first-order chi connectivity index (χ1) is 14.0. The zero-order valence-corrected chi connectivity index (χ0v) is 18.7. The van der Waals surface area contributed by atoms with Gasteiger partial charge in [0, 0.05) is 21.6 Å². The molecule has 3 rings (SSSR count). The third-order valence-electron chi connectivity index (χ3n) is 4.15. The summed E-state index contributed by atoms with van der Waals surface area (Å²) in [6, 6.07) is 15.5. The minimum Gasteiger partial charge on any atom is -0.490 e. The van der Waals surface area contributed by atoms with E-state index in [1.54, 1.807) is 36.4 Å². The highest BCUT2D eigenvalue weighted by Gasteiger charge is 2.13. The van der Waals surface area contributed by atoms with Crippen LogP contribution in [0.1, 0.15) is 18.1 Å². The molecule has 0 heterocycles. The predicted molar refractivity (Wildman–Crippen MR) is 120 cm³/mol. The van der Waals surface area contributed by atoms with Crippen LogP contribution in [-0.4, -0.2) is 6.61 Å². The molecule has 3 aromatic carbocycles. The van der Waals surface area contributed by atoms with Gasteiger partial charge >= 0.3 is 0 Å². The maximum Gasteiger partial charge on any atom is 0.162 e. The minimum atomic E-state index is -0.302. The molecule has 0 aliphatic rings. The maximum absolute atomic E-state index is 13.9. The molecule has 0 bridgehead atoms. The molecule has 0 fully saturated rings. The van der Waals surface area contributed by atoms with E-state index in [0.717, 1.165) is 15.7 Å². The average molecular weight is 499 g/mol. The van der Waals surface area contributed by atoms with Crippen molar-refractivity contribution in [3.63, 3.8) is 0 Å². The van der Waals surface area contributed by atoms with E-state index in [1.807, 2.05) is 19.1 Å². The summed E-state index contributed by atoms with van der Waals surface area (Å²) in [7, 11) is 0. The van der Waals surface area contributed by atoms with Gasteiger partial charge in [0.1, 0.15) is 12.4 Å². The fourth-order valence-electron chi connectivity index (χ4n) is 2.69. The van der Waals surface area contributed by atoms with Gasteiger partial charge in [-0.05, 0) is 48.9 Å². The lowest BCUT2D eigenvalue weighted by Gasteiger charge is -2.16. The van der Waals surface area contributed by atoms with Gasteiger partial charge in [0.05, 0.1) is 17.3 Å². The molecule has 3 nitrogen and oxygen atoms in total. The Morgan fingerprint density at radius 3 is 2.48 bits per heavy atom. The Hall–Kier alpha value is -1.95. The Bertz CT molecular complexity index is 1000. The molecule has 152 valence electrons. The van der Waals surface area contributed by atoms with E-state index in [1.165, 1.54) is 6.07 Å². The van der Waals surface area contributed by atoms with Crippen LogP contribution in [0.25, 0.3) is 0 Å². The van der Waals surface area contributed by atoms with Crippen LogP contribution >= 0.6 is 39.1 Å². The monoisotopic (exact) mass is 497 g/mol. The van der Waals surface area contributed by atoms with Gasteiger partial charge in [0.25, 0.3) is 0 Å². The van der Waals surface area contributed by atoms with Gasteiger partial charge in [0.15, 0.2) is 11.5 Å². The number of benzene rings is 3. The lowest BCUT2D eigenvalue weighted by Crippen LogP contribution is -2.05. The fourth-order valence-corrected chi connectivity index (χ4v) is 3.51. The number of hydrogen-bond acceptors (Lipinski definition) is 3. The van der Waals surface area contributed by atoms with E-state index in [2.05, 4.69) is 21.2 Å². The van der Waals surface area contributed by atoms with E-state index in [9.17, 15) is 4.39 Å². The Kier molecular flexibility index (Phi) is 7.64. The van der Waals surface area contributed by atoms with Crippen molar-refractivity contribution in [1.29, 1.82) is 0 Å². The summed E-state index contributed by atoms with van der Waals surface area (Å²) in [5.41, 5.74) is 2.17. The molecule has 0 spiro atoms. The molecule has 0 amide bonds. The zero-order valence-electron chi connectivity index (χ0n) is 15.6. The summed E-state index contributed by atoms with van der Waals surface area (Å²) in [4.78, 5) is 0. The molecule has 0 saturated heterocycles. The smallest absolute Gasteiger partial charge is 0.162 e. The van der Waals surface area contributed by atoms with Crippen LogP contribution < -0.4 is 14.8 Å². The van der Waals surface area contributed by atoms with Gasteiger partial charge in [-0.2, -0.15) is 0 Å². The summed E-state index contributed by atoms with van der Waals surface area (Å²) in [6.07, 6.45) is 0. The van der Waals surface area contributed by atoms with Crippen molar-refractivity contribution >= 4 is 44.8 Å². The number of ether oxygens (including phenoxy) is 2. The first kappa shape index (κ1) is 21.8. The van der Waals surface area contributed by atoms with Crippen molar-refractivity contribution in [1.82, 2.24) is 0 Å². The summed E-state index contributed by atoms with van der Waals surface area (Å²) < 4.78 is 26.3. The Balaban J connectivity index is 1.78. The van der Waals surface area contributed by atoms with Crippen molar-refractivity contribution in [2.75, 3.05) is 11.9 Å². The van der Waals surface area contributed by atoms with Gasteiger partial charge < -0.3 is 14.8 Å². The normalized spacial score (nSPS) is 10.7. The first-order valence-electron chi connectivity index (χ1n) is 8.98. The van der Waals surface area contributed by atoms with Gasteiger partial charge in [0.2, 0.25) is 0 Å². The standard InChI is InChI=1S/C22H19BrCl2FNO2/c1-2-28-21-9-15(12-27-20-10-16(24)7-8-18(20)25)17(23)11-22(21)29-13-14-5-3-4-6-19(14)26/h3-11,27H,2,12-13H2,1H3. The molecule has 1 N–H and O–H groups in total. The lowest BCUT2D eigenvalue weighted by atomic mass is 10.2. The Morgan fingerprint density at radius 1 is 0.966 bits per heavy atom. The molecule has 0 atom stereocenters. The molecular formula is C22H19BrCl2FNO2. The maximum atomic E-state index is 13.9. The van der Waals surface area contributed by atoms with Gasteiger partial charge in [-0.25, -0.2) is 4.39 Å². The molecule has 0 aliphatic heterocycles. The van der Waals surface area contributed by atoms with Gasteiger partial charge in [-0.15, -0.1) is 0 Å². The highest BCUT2D eigenvalue weighted by atomic mass is 79.9. The van der Waals surface area contributed by atoms with E-state index in [-0.39, 0.29) is 12.4 Å². The number of nitrogens with one attached hydrogen (secondary N) is 1. The largest absolute Gasteiger partial charge is 0.490 e. The number of halogens is 4. The highest BCUT2D eigenvalue weighted by molar-refractivity contribution is 9.10. The Morgan fingerprint density at radius 2 is 1.72 bits per heavy atom. The predicted octanol–water partition coefficient (Wildman–Crippen LogP) is 7.48. The molecular weight excluding hydrogens is 480 g/mol. The Labute approximate surface area is 187 Å². The molecule has 0 radical (unpaired) electrons. The minimum absolute atomic E-state index is 0.106. The summed E-state index contributed by atoms with van der Waals surface area (Å²) in [6.45, 7) is 2.97. The number of rotatable bonds is 8. The number of anilines is 1. The summed E-state index contributed by atoms with van der Waals surface area (Å²) in [5, 5.41) is 4.46. The van der Waals surface area contributed by atoms with E-state index < -0.39 is 0 Å². The van der Waals surface area contributed by atoms with Crippen LogP contribution in [0.2, 0.25) is 10.0 Å². The molecule has 0 unspecified atom stereocenters. The second kappa shape index (κ2) is 10.2. The van der Waals surface area contributed by atoms with E-state index in [0.29, 0.717) is 40.3 Å². The van der Waals surface area contributed by atoms with Crippen molar-refractivity contribution in [3.8, 4) is 11.5 Å². The van der Waals surface area contributed by atoms with Crippen molar-refractivity contribution in [2.45, 2.75) is 20.1 Å². The van der Waals surface area contributed by atoms with Crippen LogP contribution in [0.15, 0.2) is 59.1 Å². The lowest BCUT2D eigenvalue weighted by molar-refractivity contribution is 0.265. The van der Waals surface area contributed by atoms with Crippen molar-refractivity contribution in [3.05, 3.63) is 86.1 Å². The zero-order chi connectivity index (χ0) is 20.8. The van der Waals surface area contributed by atoms with Gasteiger partial charge in [-0.1, -0.05) is 57.3 Å². The molecule has 7 heteroatoms. The summed E-state index contributed by atoms with van der Waals surface area (Å²) >= 11 is 15.8. The van der Waals surface area contributed by atoms with Crippen LogP contribution in [0.3, 0.4) is 0 Å². The topological polar surface area (TPSA) is 30.5 Å². The fraction of sp³-hybridized carbons (Fsp3) is 0.182. The SMILES string of the molecule is CCOc1cc(CNc2cc(Cl)ccc2Cl)c(Br)cc1OCc1ccccc1F. The highest BCUT2D eigenvalue weighted by Crippen LogP contribution is 2.35. The molecule has 0 saturated carbocycles. The number of hydrogen-bond donors (Lipinski definition) is 1. The van der Waals surface area contributed by atoms with Gasteiger partial charge in [-0.3, -0.25) is 0 Å². The van der Waals surface area contributed by atoms with E-state index >= 15 is 0 Å². The third-order valence-corrected chi connectivity index (χ3v) is 5.45. The van der Waals surface area contributed by atoms with E-state index in [4.69, 9.17) is 32.7 Å². The van der Waals surface area contributed by atoms with Crippen LogP contribution in [0.4, 0.5) is 10.1 Å². The second-order valence-corrected chi connectivity index (χ2v) is 7.88. The first-order valence-corrected chi connectivity index (χ1v) is 10.5. The third kappa shape index (κ3) is 5.78. The quantitative estimate of drug-likeness (QED) is 0.349. The molecule has 0 aliphatic carbocycles. The van der Waals surface area contributed by atoms with Crippen molar-refractivity contribution < 1.29 is 13.9 Å². The van der Waals surface area contributed by atoms with Crippen LogP contribution in [-0.2, 0) is 13.2 Å². The average Bonchev–Trinajstić information content (AvgIpc) is 2.70.